The summed E-state index contributed by atoms with van der Waals surface area (Å²) in [6.07, 6.45) is 2.60. The van der Waals surface area contributed by atoms with Gasteiger partial charge in [0.2, 0.25) is 0 Å². The zero-order valence-corrected chi connectivity index (χ0v) is 7.81. The van der Waals surface area contributed by atoms with Crippen LogP contribution in [-0.4, -0.2) is 31.6 Å². The van der Waals surface area contributed by atoms with Crippen molar-refractivity contribution < 1.29 is 13.5 Å². The molecule has 0 bridgehead atoms. The molecule has 12 heavy (non-hydrogen) atoms. The maximum absolute atomic E-state index is 11.1. The van der Waals surface area contributed by atoms with E-state index in [1.54, 1.807) is 0 Å². The monoisotopic (exact) mass is 190 g/mol. The van der Waals surface area contributed by atoms with Gasteiger partial charge in [0, 0.05) is 6.61 Å². The summed E-state index contributed by atoms with van der Waals surface area (Å²) in [5.74, 6) is 1.07. The molecule has 0 aromatic rings. The van der Waals surface area contributed by atoms with Gasteiger partial charge in [0.05, 0.1) is 11.5 Å². The fourth-order valence-electron chi connectivity index (χ4n) is 2.25. The topological polar surface area (TPSA) is 54.4 Å². The Bertz CT molecular complexity index is 267. The molecule has 70 valence electrons. The first-order valence-electron chi connectivity index (χ1n) is 4.39. The Labute approximate surface area is 72.7 Å². The number of hydrogen-bond acceptors (Lipinski definition) is 3. The van der Waals surface area contributed by atoms with Gasteiger partial charge in [0.25, 0.3) is 0 Å². The first-order valence-corrected chi connectivity index (χ1v) is 6.21. The van der Waals surface area contributed by atoms with Crippen LogP contribution in [0.2, 0.25) is 0 Å². The first kappa shape index (κ1) is 8.51. The predicted octanol–water partition coefficient (Wildman–Crippen LogP) is 0.194. The van der Waals surface area contributed by atoms with Gasteiger partial charge in [-0.05, 0) is 30.6 Å². The Balaban J connectivity index is 2.01. The van der Waals surface area contributed by atoms with Gasteiger partial charge >= 0.3 is 0 Å². The quantitative estimate of drug-likeness (QED) is 0.642. The molecule has 2 fully saturated rings. The number of hydrogen-bond donors (Lipinski definition) is 1. The molecule has 1 heterocycles. The van der Waals surface area contributed by atoms with E-state index in [4.69, 9.17) is 5.11 Å². The van der Waals surface area contributed by atoms with E-state index in [1.807, 2.05) is 0 Å². The zero-order chi connectivity index (χ0) is 8.82. The lowest BCUT2D eigenvalue weighted by Crippen LogP contribution is -2.25. The second-order valence-corrected chi connectivity index (χ2v) is 6.40. The first-order chi connectivity index (χ1) is 5.58. The summed E-state index contributed by atoms with van der Waals surface area (Å²) in [6.45, 7) is 0.236. The van der Waals surface area contributed by atoms with Crippen LogP contribution in [-0.2, 0) is 9.84 Å². The fraction of sp³-hybridized carbons (Fsp3) is 1.00. The lowest BCUT2D eigenvalue weighted by atomic mass is 9.97. The van der Waals surface area contributed by atoms with Gasteiger partial charge in [0.15, 0.2) is 0 Å². The van der Waals surface area contributed by atoms with Crippen molar-refractivity contribution in [2.45, 2.75) is 19.3 Å². The van der Waals surface area contributed by atoms with Gasteiger partial charge in [-0.2, -0.15) is 0 Å². The average Bonchev–Trinajstić information content (AvgIpc) is 2.72. The van der Waals surface area contributed by atoms with Crippen molar-refractivity contribution in [3.63, 3.8) is 0 Å². The predicted molar refractivity (Wildman–Crippen MR) is 45.5 cm³/mol. The smallest absolute Gasteiger partial charge is 0.150 e. The lowest BCUT2D eigenvalue weighted by molar-refractivity contribution is 0.242. The minimum absolute atomic E-state index is 0.222. The zero-order valence-electron chi connectivity index (χ0n) is 6.99. The highest BCUT2D eigenvalue weighted by atomic mass is 32.2. The molecule has 0 radical (unpaired) electrons. The van der Waals surface area contributed by atoms with Gasteiger partial charge in [-0.25, -0.2) is 8.42 Å². The fourth-order valence-corrected chi connectivity index (χ4v) is 3.89. The minimum atomic E-state index is -2.73. The van der Waals surface area contributed by atoms with E-state index >= 15 is 0 Å². The minimum Gasteiger partial charge on any atom is -0.396 e. The molecule has 2 rings (SSSR count). The average molecular weight is 190 g/mol. The van der Waals surface area contributed by atoms with E-state index in [0.29, 0.717) is 17.4 Å². The highest BCUT2D eigenvalue weighted by Gasteiger charge is 2.55. The summed E-state index contributed by atoms with van der Waals surface area (Å²) in [4.78, 5) is 0. The van der Waals surface area contributed by atoms with Gasteiger partial charge in [-0.1, -0.05) is 0 Å². The van der Waals surface area contributed by atoms with Crippen molar-refractivity contribution in [3.05, 3.63) is 0 Å². The Morgan fingerprint density at radius 1 is 1.33 bits per heavy atom. The molecule has 1 saturated carbocycles. The van der Waals surface area contributed by atoms with Crippen molar-refractivity contribution in [2.75, 3.05) is 18.1 Å². The van der Waals surface area contributed by atoms with E-state index in [2.05, 4.69) is 0 Å². The Hall–Kier alpha value is -0.0900. The third-order valence-electron chi connectivity index (χ3n) is 3.40. The van der Waals surface area contributed by atoms with E-state index in [0.717, 1.165) is 19.3 Å². The summed E-state index contributed by atoms with van der Waals surface area (Å²) < 4.78 is 22.2. The van der Waals surface area contributed by atoms with Crippen LogP contribution >= 0.6 is 0 Å². The van der Waals surface area contributed by atoms with Gasteiger partial charge in [0.1, 0.15) is 9.84 Å². The van der Waals surface area contributed by atoms with Crippen LogP contribution in [0.4, 0.5) is 0 Å². The van der Waals surface area contributed by atoms with E-state index < -0.39 is 9.84 Å². The molecular weight excluding hydrogens is 176 g/mol. The molecule has 1 atom stereocenters. The number of rotatable bonds is 1. The van der Waals surface area contributed by atoms with E-state index in [-0.39, 0.29) is 12.0 Å². The third kappa shape index (κ3) is 1.27. The van der Waals surface area contributed by atoms with Crippen molar-refractivity contribution in [1.82, 2.24) is 0 Å². The Kier molecular flexibility index (Phi) is 1.74. The molecule has 0 aromatic carbocycles. The Morgan fingerprint density at radius 3 is 2.33 bits per heavy atom. The summed E-state index contributed by atoms with van der Waals surface area (Å²) >= 11 is 0. The molecule has 1 aliphatic carbocycles. The third-order valence-corrected chi connectivity index (χ3v) is 5.05. The van der Waals surface area contributed by atoms with Crippen LogP contribution in [0.5, 0.6) is 0 Å². The number of sulfone groups is 1. The van der Waals surface area contributed by atoms with Gasteiger partial charge < -0.3 is 5.11 Å². The molecule has 0 aromatic heterocycles. The van der Waals surface area contributed by atoms with Gasteiger partial charge in [-0.15, -0.1) is 0 Å². The number of aliphatic hydroxyl groups excluding tert-OH is 1. The normalized spacial score (nSPS) is 36.6. The maximum Gasteiger partial charge on any atom is 0.150 e. The summed E-state index contributed by atoms with van der Waals surface area (Å²) in [7, 11) is -2.73. The van der Waals surface area contributed by atoms with Crippen molar-refractivity contribution >= 4 is 9.84 Å². The largest absolute Gasteiger partial charge is 0.396 e. The second-order valence-electron chi connectivity index (χ2n) is 4.10. The Morgan fingerprint density at radius 2 is 1.92 bits per heavy atom. The van der Waals surface area contributed by atoms with Crippen molar-refractivity contribution in [3.8, 4) is 0 Å². The molecule has 1 aliphatic heterocycles. The number of aliphatic hydroxyl groups is 1. The molecule has 3 nitrogen and oxygen atoms in total. The molecular formula is C8H14O3S. The van der Waals surface area contributed by atoms with Crippen LogP contribution in [0, 0.1) is 11.3 Å². The molecule has 1 unspecified atom stereocenters. The molecule has 1 saturated heterocycles. The molecule has 1 N–H and O–H groups in total. The summed E-state index contributed by atoms with van der Waals surface area (Å²) in [6, 6.07) is 0. The van der Waals surface area contributed by atoms with Gasteiger partial charge in [-0.3, -0.25) is 0 Å². The molecule has 2 aliphatic rings. The van der Waals surface area contributed by atoms with Crippen LogP contribution in [0.25, 0.3) is 0 Å². The molecule has 0 amide bonds. The lowest BCUT2D eigenvalue weighted by Gasteiger charge is -2.22. The van der Waals surface area contributed by atoms with E-state index in [1.165, 1.54) is 0 Å². The SMILES string of the molecule is O=S1(=O)CCC2(CC1)CC2CO. The highest BCUT2D eigenvalue weighted by molar-refractivity contribution is 7.91. The standard InChI is InChI=1S/C8H14O3S/c9-6-7-5-8(7)1-3-12(10,11)4-2-8/h7,9H,1-6H2. The van der Waals surface area contributed by atoms with Crippen LogP contribution in [0.15, 0.2) is 0 Å². The second kappa shape index (κ2) is 2.45. The summed E-state index contributed by atoms with van der Waals surface area (Å²) in [5.41, 5.74) is 0.222. The highest BCUT2D eigenvalue weighted by Crippen LogP contribution is 2.59. The van der Waals surface area contributed by atoms with Crippen LogP contribution in [0.3, 0.4) is 0 Å². The van der Waals surface area contributed by atoms with Crippen LogP contribution in [0.1, 0.15) is 19.3 Å². The van der Waals surface area contributed by atoms with Crippen molar-refractivity contribution in [1.29, 1.82) is 0 Å². The van der Waals surface area contributed by atoms with E-state index in [9.17, 15) is 8.42 Å². The van der Waals surface area contributed by atoms with Crippen molar-refractivity contribution in [2.24, 2.45) is 11.3 Å². The molecule has 4 heteroatoms. The summed E-state index contributed by atoms with van der Waals surface area (Å²) in [5, 5.41) is 8.90. The van der Waals surface area contributed by atoms with Crippen LogP contribution < -0.4 is 0 Å². The molecule has 1 spiro atoms. The maximum atomic E-state index is 11.1.